The summed E-state index contributed by atoms with van der Waals surface area (Å²) < 4.78 is 5.79. The molecule has 3 rings (SSSR count). The van der Waals surface area contributed by atoms with Gasteiger partial charge in [-0.2, -0.15) is 0 Å². The molecule has 0 aromatic carbocycles. The summed E-state index contributed by atoms with van der Waals surface area (Å²) in [7, 11) is 3.87. The van der Waals surface area contributed by atoms with E-state index in [2.05, 4.69) is 10.3 Å². The number of carbonyl (C=O) groups is 1. The smallest absolute Gasteiger partial charge is 0.317 e. The summed E-state index contributed by atoms with van der Waals surface area (Å²) in [6, 6.07) is 0.127. The van der Waals surface area contributed by atoms with Gasteiger partial charge in [0.1, 0.15) is 0 Å². The first-order chi connectivity index (χ1) is 10.9. The van der Waals surface area contributed by atoms with Crippen molar-refractivity contribution in [1.29, 1.82) is 0 Å². The van der Waals surface area contributed by atoms with Crippen molar-refractivity contribution in [2.75, 3.05) is 38.7 Å². The van der Waals surface area contributed by atoms with Crippen molar-refractivity contribution in [2.24, 2.45) is 0 Å². The minimum atomic E-state index is -0.213. The maximum atomic E-state index is 12.3. The van der Waals surface area contributed by atoms with Gasteiger partial charge >= 0.3 is 6.03 Å². The lowest BCUT2D eigenvalue weighted by Crippen LogP contribution is -2.45. The Labute approximate surface area is 137 Å². The van der Waals surface area contributed by atoms with Gasteiger partial charge in [0.05, 0.1) is 24.3 Å². The molecule has 126 valence electrons. The Balaban J connectivity index is 1.87. The molecule has 0 aliphatic carbocycles. The maximum Gasteiger partial charge on any atom is 0.317 e. The van der Waals surface area contributed by atoms with E-state index in [-0.39, 0.29) is 17.5 Å². The van der Waals surface area contributed by atoms with Crippen LogP contribution in [0.3, 0.4) is 0 Å². The van der Waals surface area contributed by atoms with Gasteiger partial charge in [-0.25, -0.2) is 14.8 Å². The van der Waals surface area contributed by atoms with Crippen molar-refractivity contribution in [3.05, 3.63) is 17.5 Å². The Morgan fingerprint density at radius 2 is 2.26 bits per heavy atom. The number of aromatic nitrogens is 2. The number of nitrogens with zero attached hydrogens (tertiary/aromatic N) is 4. The van der Waals surface area contributed by atoms with Crippen molar-refractivity contribution >= 4 is 12.0 Å². The fourth-order valence-electron chi connectivity index (χ4n) is 3.30. The molecule has 0 bridgehead atoms. The Bertz CT molecular complexity index is 604. The molecule has 1 atom stereocenters. The molecule has 23 heavy (non-hydrogen) atoms. The predicted molar refractivity (Wildman–Crippen MR) is 87.6 cm³/mol. The number of urea groups is 1. The Hall–Kier alpha value is -1.89. The van der Waals surface area contributed by atoms with Crippen LogP contribution in [0.25, 0.3) is 0 Å². The minimum absolute atomic E-state index is 0.00844. The van der Waals surface area contributed by atoms with Crippen molar-refractivity contribution in [2.45, 2.75) is 38.3 Å². The maximum absolute atomic E-state index is 12.3. The number of carbonyl (C=O) groups excluding carboxylic acids is 1. The van der Waals surface area contributed by atoms with Gasteiger partial charge in [0, 0.05) is 45.0 Å². The Kier molecular flexibility index (Phi) is 4.14. The molecule has 3 heterocycles. The van der Waals surface area contributed by atoms with E-state index >= 15 is 0 Å². The summed E-state index contributed by atoms with van der Waals surface area (Å²) >= 11 is 0. The molecule has 1 spiro atoms. The second-order valence-corrected chi connectivity index (χ2v) is 6.99. The summed E-state index contributed by atoms with van der Waals surface area (Å²) in [4.78, 5) is 25.2. The third-order valence-corrected chi connectivity index (χ3v) is 4.44. The average molecular weight is 319 g/mol. The first kappa shape index (κ1) is 16.0. The van der Waals surface area contributed by atoms with Crippen molar-refractivity contribution in [3.8, 4) is 0 Å². The molecule has 1 fully saturated rings. The molecular formula is C16H25N5O2. The van der Waals surface area contributed by atoms with Crippen LogP contribution in [-0.4, -0.2) is 60.7 Å². The van der Waals surface area contributed by atoms with Gasteiger partial charge in [-0.3, -0.25) is 0 Å². The topological polar surface area (TPSA) is 70.6 Å². The molecule has 0 saturated carbocycles. The van der Waals surface area contributed by atoms with Gasteiger partial charge in [0.25, 0.3) is 0 Å². The van der Waals surface area contributed by atoms with E-state index in [0.717, 1.165) is 24.2 Å². The molecule has 7 nitrogen and oxygen atoms in total. The highest BCUT2D eigenvalue weighted by Gasteiger charge is 2.46. The number of hydrogen-bond donors (Lipinski definition) is 1. The number of amides is 2. The number of fused-ring (bicyclic) bond motifs is 2. The fraction of sp³-hybridized carbons (Fsp3) is 0.688. The second kappa shape index (κ2) is 5.96. The van der Waals surface area contributed by atoms with E-state index in [4.69, 9.17) is 9.72 Å². The van der Waals surface area contributed by atoms with Gasteiger partial charge in [-0.05, 0) is 20.3 Å². The second-order valence-electron chi connectivity index (χ2n) is 6.99. The molecule has 1 saturated heterocycles. The third-order valence-electron chi connectivity index (χ3n) is 4.44. The molecular weight excluding hydrogens is 294 g/mol. The summed E-state index contributed by atoms with van der Waals surface area (Å²) in [5.41, 5.74) is 1.87. The highest BCUT2D eigenvalue weighted by molar-refractivity contribution is 5.75. The highest BCUT2D eigenvalue weighted by atomic mass is 16.5. The number of hydrogen-bond acceptors (Lipinski definition) is 5. The fourth-order valence-corrected chi connectivity index (χ4v) is 3.30. The van der Waals surface area contributed by atoms with Crippen LogP contribution in [0.1, 0.15) is 31.5 Å². The van der Waals surface area contributed by atoms with Gasteiger partial charge < -0.3 is 19.9 Å². The SMILES string of the molecule is CC(C)NC(=O)N1CC[C@]2(COCc3cnc(N(C)C)nc32)C1. The van der Waals surface area contributed by atoms with Crippen LogP contribution in [-0.2, 0) is 16.8 Å². The van der Waals surface area contributed by atoms with E-state index < -0.39 is 0 Å². The van der Waals surface area contributed by atoms with Crippen molar-refractivity contribution < 1.29 is 9.53 Å². The van der Waals surface area contributed by atoms with E-state index in [0.29, 0.717) is 25.7 Å². The van der Waals surface area contributed by atoms with Crippen LogP contribution >= 0.6 is 0 Å². The lowest BCUT2D eigenvalue weighted by atomic mass is 9.80. The molecule has 0 unspecified atom stereocenters. The Morgan fingerprint density at radius 1 is 1.48 bits per heavy atom. The van der Waals surface area contributed by atoms with E-state index in [1.54, 1.807) is 0 Å². The molecule has 2 aliphatic rings. The zero-order valence-corrected chi connectivity index (χ0v) is 14.3. The van der Waals surface area contributed by atoms with Crippen LogP contribution < -0.4 is 10.2 Å². The van der Waals surface area contributed by atoms with E-state index in [9.17, 15) is 4.79 Å². The lowest BCUT2D eigenvalue weighted by molar-refractivity contribution is 0.0518. The normalized spacial score (nSPS) is 23.3. The number of ether oxygens (including phenoxy) is 1. The molecule has 2 aliphatic heterocycles. The standard InChI is InChI=1S/C16H25N5O2/c1-11(2)18-15(22)21-6-5-16(9-21)10-23-8-12-7-17-14(20(3)4)19-13(12)16/h7,11H,5-6,8-10H2,1-4H3,(H,18,22)/t16-/m1/s1. The molecule has 1 aromatic rings. The lowest BCUT2D eigenvalue weighted by Gasteiger charge is -2.34. The minimum Gasteiger partial charge on any atom is -0.376 e. The molecule has 7 heteroatoms. The number of nitrogens with one attached hydrogen (secondary N) is 1. The average Bonchev–Trinajstić information content (AvgIpc) is 2.92. The highest BCUT2D eigenvalue weighted by Crippen LogP contribution is 2.39. The van der Waals surface area contributed by atoms with Crippen molar-refractivity contribution in [1.82, 2.24) is 20.2 Å². The number of anilines is 1. The van der Waals surface area contributed by atoms with Crippen LogP contribution in [0.4, 0.5) is 10.7 Å². The summed E-state index contributed by atoms with van der Waals surface area (Å²) in [5, 5.41) is 2.97. The number of likely N-dealkylation sites (tertiary alicyclic amines) is 1. The van der Waals surface area contributed by atoms with Crippen molar-refractivity contribution in [3.63, 3.8) is 0 Å². The summed E-state index contributed by atoms with van der Waals surface area (Å²) in [6.45, 7) is 6.46. The zero-order valence-electron chi connectivity index (χ0n) is 14.3. The largest absolute Gasteiger partial charge is 0.376 e. The molecule has 1 aromatic heterocycles. The van der Waals surface area contributed by atoms with Gasteiger partial charge in [-0.15, -0.1) is 0 Å². The predicted octanol–water partition coefficient (Wildman–Crippen LogP) is 1.13. The molecule has 1 N–H and O–H groups in total. The summed E-state index contributed by atoms with van der Waals surface area (Å²) in [6.07, 6.45) is 2.73. The molecule has 2 amide bonds. The van der Waals surface area contributed by atoms with Gasteiger partial charge in [-0.1, -0.05) is 0 Å². The molecule has 0 radical (unpaired) electrons. The Morgan fingerprint density at radius 3 is 2.96 bits per heavy atom. The zero-order chi connectivity index (χ0) is 16.6. The summed E-state index contributed by atoms with van der Waals surface area (Å²) in [5.74, 6) is 0.704. The van der Waals surface area contributed by atoms with E-state index in [1.807, 2.05) is 43.9 Å². The van der Waals surface area contributed by atoms with Crippen LogP contribution in [0, 0.1) is 0 Å². The van der Waals surface area contributed by atoms with Gasteiger partial charge in [0.2, 0.25) is 5.95 Å². The number of rotatable bonds is 2. The quantitative estimate of drug-likeness (QED) is 0.885. The first-order valence-electron chi connectivity index (χ1n) is 8.08. The van der Waals surface area contributed by atoms with Crippen LogP contribution in [0.5, 0.6) is 0 Å². The van der Waals surface area contributed by atoms with Crippen LogP contribution in [0.2, 0.25) is 0 Å². The van der Waals surface area contributed by atoms with Crippen LogP contribution in [0.15, 0.2) is 6.20 Å². The van der Waals surface area contributed by atoms with Gasteiger partial charge in [0.15, 0.2) is 0 Å². The first-order valence-corrected chi connectivity index (χ1v) is 8.08. The van der Waals surface area contributed by atoms with E-state index in [1.165, 1.54) is 0 Å². The monoisotopic (exact) mass is 319 g/mol. The third kappa shape index (κ3) is 2.97.